The van der Waals surface area contributed by atoms with Crippen molar-refractivity contribution >= 4 is 17.0 Å². The smallest absolute Gasteiger partial charge is 0.219 e. The van der Waals surface area contributed by atoms with Crippen molar-refractivity contribution in [3.05, 3.63) is 24.3 Å². The highest BCUT2D eigenvalue weighted by Crippen LogP contribution is 2.19. The lowest BCUT2D eigenvalue weighted by Crippen LogP contribution is -2.13. The van der Waals surface area contributed by atoms with Crippen molar-refractivity contribution in [2.45, 2.75) is 0 Å². The van der Waals surface area contributed by atoms with Gasteiger partial charge in [0.2, 0.25) is 5.95 Å². The quantitative estimate of drug-likeness (QED) is 0.676. The highest BCUT2D eigenvalue weighted by Gasteiger charge is 2.10. The molecule has 0 aliphatic carbocycles. The van der Waals surface area contributed by atoms with Crippen molar-refractivity contribution in [3.63, 3.8) is 0 Å². The first-order valence-electron chi connectivity index (χ1n) is 4.29. The molecule has 0 bridgehead atoms. The molecule has 0 radical (unpaired) electrons. The second-order valence-corrected chi connectivity index (χ2v) is 3.23. The van der Waals surface area contributed by atoms with Crippen LogP contribution in [0.3, 0.4) is 0 Å². The van der Waals surface area contributed by atoms with E-state index in [1.54, 1.807) is 0 Å². The average Bonchev–Trinajstić information content (AvgIpc) is 2.56. The van der Waals surface area contributed by atoms with Crippen molar-refractivity contribution in [2.24, 2.45) is 0 Å². The second-order valence-electron chi connectivity index (χ2n) is 3.23. The van der Waals surface area contributed by atoms with Gasteiger partial charge in [-0.15, -0.1) is 0 Å². The maximum absolute atomic E-state index is 9.00. The number of para-hydroxylation sites is 2. The molecule has 0 aliphatic rings. The number of benzene rings is 1. The highest BCUT2D eigenvalue weighted by molar-refractivity contribution is 5.79. The zero-order chi connectivity index (χ0) is 10.1. The van der Waals surface area contributed by atoms with Gasteiger partial charge in [-0.3, -0.25) is 0 Å². The number of anilines is 1. The summed E-state index contributed by atoms with van der Waals surface area (Å²) in [5, 5.41) is 9.00. The molecule has 14 heavy (non-hydrogen) atoms. The molecule has 0 saturated carbocycles. The average molecular weight is 186 g/mol. The van der Waals surface area contributed by atoms with Crippen LogP contribution >= 0.6 is 0 Å². The summed E-state index contributed by atoms with van der Waals surface area (Å²) >= 11 is 0. The van der Waals surface area contributed by atoms with Crippen LogP contribution in [0.15, 0.2) is 24.3 Å². The largest absolute Gasteiger partial charge is 0.347 e. The molecule has 70 valence electrons. The summed E-state index contributed by atoms with van der Waals surface area (Å²) in [6, 6.07) is 7.60. The van der Waals surface area contributed by atoms with E-state index in [1.807, 2.05) is 43.3 Å². The molecular formula is C10H10N4. The zero-order valence-corrected chi connectivity index (χ0v) is 8.10. The van der Waals surface area contributed by atoms with E-state index in [0.29, 0.717) is 5.95 Å². The number of fused-ring (bicyclic) bond motifs is 1. The summed E-state index contributed by atoms with van der Waals surface area (Å²) in [5.41, 5.74) is 1.69. The van der Waals surface area contributed by atoms with E-state index in [9.17, 15) is 0 Å². The summed E-state index contributed by atoms with van der Waals surface area (Å²) in [4.78, 5) is 6.17. The van der Waals surface area contributed by atoms with Gasteiger partial charge in [0, 0.05) is 14.1 Å². The molecule has 0 unspecified atom stereocenters. The van der Waals surface area contributed by atoms with Crippen molar-refractivity contribution < 1.29 is 0 Å². The van der Waals surface area contributed by atoms with Gasteiger partial charge in [-0.2, -0.15) is 5.26 Å². The van der Waals surface area contributed by atoms with Gasteiger partial charge in [0.25, 0.3) is 0 Å². The van der Waals surface area contributed by atoms with E-state index in [1.165, 1.54) is 4.57 Å². The highest BCUT2D eigenvalue weighted by atomic mass is 15.3. The minimum Gasteiger partial charge on any atom is -0.347 e. The number of nitriles is 1. The van der Waals surface area contributed by atoms with E-state index < -0.39 is 0 Å². The summed E-state index contributed by atoms with van der Waals surface area (Å²) in [6.45, 7) is 0. The van der Waals surface area contributed by atoms with Crippen LogP contribution < -0.4 is 4.90 Å². The van der Waals surface area contributed by atoms with E-state index in [0.717, 1.165) is 11.0 Å². The molecule has 1 aromatic heterocycles. The predicted octanol–water partition coefficient (Wildman–Crippen LogP) is 1.43. The molecule has 1 aromatic carbocycles. The number of hydrogen-bond donors (Lipinski definition) is 0. The molecular weight excluding hydrogens is 176 g/mol. The Kier molecular flexibility index (Phi) is 1.86. The Morgan fingerprint density at radius 1 is 1.36 bits per heavy atom. The summed E-state index contributed by atoms with van der Waals surface area (Å²) in [7, 11) is 3.74. The lowest BCUT2D eigenvalue weighted by Gasteiger charge is -2.08. The first kappa shape index (κ1) is 8.57. The third kappa shape index (κ3) is 1.11. The van der Waals surface area contributed by atoms with E-state index in [-0.39, 0.29) is 0 Å². The van der Waals surface area contributed by atoms with Crippen molar-refractivity contribution in [1.82, 2.24) is 9.55 Å². The summed E-state index contributed by atoms with van der Waals surface area (Å²) < 4.78 is 1.52. The second kappa shape index (κ2) is 3.04. The summed E-state index contributed by atoms with van der Waals surface area (Å²) in [6.07, 6.45) is 2.11. The fourth-order valence-corrected chi connectivity index (χ4v) is 1.41. The Morgan fingerprint density at radius 3 is 2.71 bits per heavy atom. The normalized spacial score (nSPS) is 10.1. The number of nitrogens with zero attached hydrogens (tertiary/aromatic N) is 4. The van der Waals surface area contributed by atoms with Crippen LogP contribution in [0.2, 0.25) is 0 Å². The topological polar surface area (TPSA) is 44.9 Å². The van der Waals surface area contributed by atoms with Gasteiger partial charge in [-0.1, -0.05) is 12.1 Å². The molecule has 0 atom stereocenters. The van der Waals surface area contributed by atoms with Gasteiger partial charge >= 0.3 is 0 Å². The monoisotopic (exact) mass is 186 g/mol. The zero-order valence-electron chi connectivity index (χ0n) is 8.10. The van der Waals surface area contributed by atoms with Crippen molar-refractivity contribution in [2.75, 3.05) is 19.0 Å². The number of rotatable bonds is 1. The molecule has 0 spiro atoms. The van der Waals surface area contributed by atoms with Crippen LogP contribution in [0.1, 0.15) is 0 Å². The Hall–Kier alpha value is -2.02. The Balaban J connectivity index is 2.81. The van der Waals surface area contributed by atoms with Crippen LogP contribution in [0.5, 0.6) is 0 Å². The molecule has 0 amide bonds. The van der Waals surface area contributed by atoms with Gasteiger partial charge in [0.1, 0.15) is 0 Å². The maximum Gasteiger partial charge on any atom is 0.219 e. The minimum absolute atomic E-state index is 0.661. The third-order valence-corrected chi connectivity index (χ3v) is 2.04. The third-order valence-electron chi connectivity index (χ3n) is 2.04. The maximum atomic E-state index is 9.00. The molecule has 4 nitrogen and oxygen atoms in total. The molecule has 0 saturated heterocycles. The van der Waals surface area contributed by atoms with E-state index in [4.69, 9.17) is 5.26 Å². The molecule has 1 heterocycles. The van der Waals surface area contributed by atoms with Crippen LogP contribution in [-0.4, -0.2) is 23.6 Å². The Labute approximate surface area is 82.0 Å². The Bertz CT molecular complexity index is 504. The van der Waals surface area contributed by atoms with Gasteiger partial charge in [0.05, 0.1) is 11.0 Å². The number of imidazole rings is 1. The van der Waals surface area contributed by atoms with Gasteiger partial charge in [-0.05, 0) is 12.1 Å². The van der Waals surface area contributed by atoms with Gasteiger partial charge in [-0.25, -0.2) is 9.55 Å². The number of hydrogen-bond acceptors (Lipinski definition) is 3. The fourth-order valence-electron chi connectivity index (χ4n) is 1.41. The van der Waals surface area contributed by atoms with Gasteiger partial charge < -0.3 is 4.90 Å². The van der Waals surface area contributed by atoms with Crippen molar-refractivity contribution in [1.29, 1.82) is 5.26 Å². The predicted molar refractivity (Wildman–Crippen MR) is 55.1 cm³/mol. The Morgan fingerprint density at radius 2 is 2.07 bits per heavy atom. The van der Waals surface area contributed by atoms with E-state index in [2.05, 4.69) is 11.2 Å². The molecule has 0 N–H and O–H groups in total. The van der Waals surface area contributed by atoms with Crippen LogP contribution in [0, 0.1) is 11.5 Å². The molecule has 0 aliphatic heterocycles. The van der Waals surface area contributed by atoms with Crippen LogP contribution in [0.25, 0.3) is 11.0 Å². The van der Waals surface area contributed by atoms with E-state index >= 15 is 0 Å². The SMILES string of the molecule is CN(C)c1nc2ccccc2n1C#N. The molecule has 0 fully saturated rings. The standard InChI is InChI=1S/C10H10N4/c1-13(2)10-12-8-5-3-4-6-9(8)14(10)7-11/h3-6H,1-2H3. The summed E-state index contributed by atoms with van der Waals surface area (Å²) in [5.74, 6) is 0.661. The number of aromatic nitrogens is 2. The lowest BCUT2D eigenvalue weighted by molar-refractivity contribution is 0.980. The molecule has 2 aromatic rings. The molecule has 4 heteroatoms. The van der Waals surface area contributed by atoms with Crippen LogP contribution in [0.4, 0.5) is 5.95 Å². The first-order valence-corrected chi connectivity index (χ1v) is 4.29. The molecule has 2 rings (SSSR count). The lowest BCUT2D eigenvalue weighted by atomic mass is 10.3. The van der Waals surface area contributed by atoms with Crippen molar-refractivity contribution in [3.8, 4) is 6.19 Å². The van der Waals surface area contributed by atoms with Gasteiger partial charge in [0.15, 0.2) is 6.19 Å². The van der Waals surface area contributed by atoms with Crippen LogP contribution in [-0.2, 0) is 0 Å². The fraction of sp³-hybridized carbons (Fsp3) is 0.200. The minimum atomic E-state index is 0.661. The first-order chi connectivity index (χ1) is 6.74.